The third-order valence-electron chi connectivity index (χ3n) is 3.40. The van der Waals surface area contributed by atoms with Gasteiger partial charge in [-0.3, -0.25) is 9.59 Å². The monoisotopic (exact) mass is 242 g/mol. The number of nitrogens with two attached hydrogens (primary N) is 1. The van der Waals surface area contributed by atoms with Crippen molar-refractivity contribution in [3.63, 3.8) is 0 Å². The number of amides is 1. The molecular weight excluding hydrogens is 220 g/mol. The molecule has 5 heteroatoms. The van der Waals surface area contributed by atoms with Gasteiger partial charge in [-0.25, -0.2) is 0 Å². The Hall–Kier alpha value is -1.10. The van der Waals surface area contributed by atoms with Crippen molar-refractivity contribution in [3.05, 3.63) is 0 Å². The first-order valence-corrected chi connectivity index (χ1v) is 6.22. The van der Waals surface area contributed by atoms with Gasteiger partial charge >= 0.3 is 5.97 Å². The van der Waals surface area contributed by atoms with Crippen LogP contribution < -0.4 is 5.73 Å². The van der Waals surface area contributed by atoms with Gasteiger partial charge < -0.3 is 15.7 Å². The Morgan fingerprint density at radius 2 is 1.88 bits per heavy atom. The fourth-order valence-electron chi connectivity index (χ4n) is 2.35. The molecule has 3 N–H and O–H groups in total. The minimum Gasteiger partial charge on any atom is -0.481 e. The summed E-state index contributed by atoms with van der Waals surface area (Å²) < 4.78 is 0. The van der Waals surface area contributed by atoms with E-state index < -0.39 is 11.5 Å². The average molecular weight is 242 g/mol. The maximum Gasteiger partial charge on any atom is 0.303 e. The molecule has 0 bridgehead atoms. The van der Waals surface area contributed by atoms with Gasteiger partial charge in [0, 0.05) is 20.0 Å². The summed E-state index contributed by atoms with van der Waals surface area (Å²) >= 11 is 0. The summed E-state index contributed by atoms with van der Waals surface area (Å²) in [5, 5.41) is 8.54. The highest BCUT2D eigenvalue weighted by atomic mass is 16.4. The van der Waals surface area contributed by atoms with Crippen LogP contribution in [0.25, 0.3) is 0 Å². The van der Waals surface area contributed by atoms with Crippen molar-refractivity contribution in [3.8, 4) is 0 Å². The van der Waals surface area contributed by atoms with E-state index in [2.05, 4.69) is 0 Å². The van der Waals surface area contributed by atoms with Crippen molar-refractivity contribution >= 4 is 11.9 Å². The smallest absolute Gasteiger partial charge is 0.303 e. The second-order valence-corrected chi connectivity index (χ2v) is 4.94. The van der Waals surface area contributed by atoms with Gasteiger partial charge in [-0.05, 0) is 19.3 Å². The molecular formula is C12H22N2O3. The number of nitrogens with zero attached hydrogens (tertiary/aromatic N) is 1. The van der Waals surface area contributed by atoms with Crippen LogP contribution in [0.3, 0.4) is 0 Å². The summed E-state index contributed by atoms with van der Waals surface area (Å²) in [4.78, 5) is 24.1. The largest absolute Gasteiger partial charge is 0.481 e. The van der Waals surface area contributed by atoms with Gasteiger partial charge in [0.05, 0.1) is 5.54 Å². The first kappa shape index (κ1) is 14.0. The lowest BCUT2D eigenvalue weighted by Crippen LogP contribution is -2.55. The molecule has 1 amide bonds. The number of carbonyl (C=O) groups is 2. The molecule has 1 rings (SSSR count). The zero-order chi connectivity index (χ0) is 12.9. The van der Waals surface area contributed by atoms with E-state index in [1.807, 2.05) is 0 Å². The highest BCUT2D eigenvalue weighted by molar-refractivity contribution is 5.86. The molecule has 0 heterocycles. The van der Waals surface area contributed by atoms with Crippen molar-refractivity contribution in [2.75, 3.05) is 13.6 Å². The van der Waals surface area contributed by atoms with Gasteiger partial charge in [-0.15, -0.1) is 0 Å². The number of rotatable bonds is 5. The second kappa shape index (κ2) is 6.00. The number of hydrogen-bond donors (Lipinski definition) is 2. The quantitative estimate of drug-likeness (QED) is 0.752. The van der Waals surface area contributed by atoms with E-state index in [0.717, 1.165) is 32.1 Å². The van der Waals surface area contributed by atoms with Gasteiger partial charge in [0.25, 0.3) is 0 Å². The zero-order valence-corrected chi connectivity index (χ0v) is 10.4. The van der Waals surface area contributed by atoms with Crippen LogP contribution in [0.2, 0.25) is 0 Å². The molecule has 0 radical (unpaired) electrons. The minimum absolute atomic E-state index is 0.0393. The van der Waals surface area contributed by atoms with Crippen LogP contribution in [0.5, 0.6) is 0 Å². The fourth-order valence-corrected chi connectivity index (χ4v) is 2.35. The number of carbonyl (C=O) groups excluding carboxylic acids is 1. The molecule has 0 aromatic heterocycles. The van der Waals surface area contributed by atoms with E-state index in [9.17, 15) is 9.59 Å². The summed E-state index contributed by atoms with van der Waals surface area (Å²) in [7, 11) is 1.70. The maximum atomic E-state index is 12.1. The average Bonchev–Trinajstić information content (AvgIpc) is 2.28. The van der Waals surface area contributed by atoms with Crippen LogP contribution in [-0.4, -0.2) is 41.0 Å². The Bertz CT molecular complexity index is 285. The number of aliphatic carboxylic acids is 1. The summed E-state index contributed by atoms with van der Waals surface area (Å²) in [6, 6.07) is 0. The highest BCUT2D eigenvalue weighted by Gasteiger charge is 2.36. The second-order valence-electron chi connectivity index (χ2n) is 4.94. The Balaban J connectivity index is 2.42. The third-order valence-corrected chi connectivity index (χ3v) is 3.40. The molecule has 0 spiro atoms. The number of carboxylic acid groups (broad SMARTS) is 1. The van der Waals surface area contributed by atoms with Gasteiger partial charge in [-0.2, -0.15) is 0 Å². The van der Waals surface area contributed by atoms with Gasteiger partial charge in [0.15, 0.2) is 0 Å². The van der Waals surface area contributed by atoms with E-state index in [-0.39, 0.29) is 12.3 Å². The van der Waals surface area contributed by atoms with Crippen LogP contribution in [0, 0.1) is 0 Å². The number of likely N-dealkylation sites (N-methyl/N-ethyl adjacent to an activating group) is 1. The molecule has 0 unspecified atom stereocenters. The molecule has 98 valence electrons. The van der Waals surface area contributed by atoms with Crippen LogP contribution in [0.1, 0.15) is 44.9 Å². The molecule has 17 heavy (non-hydrogen) atoms. The van der Waals surface area contributed by atoms with Crippen molar-refractivity contribution in [2.45, 2.75) is 50.5 Å². The molecule has 0 saturated heterocycles. The molecule has 1 saturated carbocycles. The van der Waals surface area contributed by atoms with E-state index in [4.69, 9.17) is 10.8 Å². The van der Waals surface area contributed by atoms with Crippen molar-refractivity contribution in [2.24, 2.45) is 5.73 Å². The van der Waals surface area contributed by atoms with Crippen LogP contribution in [-0.2, 0) is 9.59 Å². The normalized spacial score (nSPS) is 18.7. The lowest BCUT2D eigenvalue weighted by atomic mass is 9.81. The zero-order valence-electron chi connectivity index (χ0n) is 10.4. The maximum absolute atomic E-state index is 12.1. The van der Waals surface area contributed by atoms with E-state index in [1.165, 1.54) is 0 Å². The van der Waals surface area contributed by atoms with Crippen LogP contribution in [0.4, 0.5) is 0 Å². The van der Waals surface area contributed by atoms with Crippen molar-refractivity contribution in [1.29, 1.82) is 0 Å². The summed E-state index contributed by atoms with van der Waals surface area (Å²) in [5.41, 5.74) is 5.42. The van der Waals surface area contributed by atoms with E-state index in [0.29, 0.717) is 13.0 Å². The SMILES string of the molecule is CN(CCCC(=O)O)C(=O)C1(N)CCCCC1. The van der Waals surface area contributed by atoms with Crippen molar-refractivity contribution in [1.82, 2.24) is 4.90 Å². The lowest BCUT2D eigenvalue weighted by molar-refractivity contribution is -0.139. The molecule has 0 aliphatic heterocycles. The molecule has 1 fully saturated rings. The van der Waals surface area contributed by atoms with Crippen LogP contribution in [0.15, 0.2) is 0 Å². The first-order chi connectivity index (χ1) is 7.96. The summed E-state index contributed by atoms with van der Waals surface area (Å²) in [6.07, 6.45) is 5.22. The Morgan fingerprint density at radius 1 is 1.29 bits per heavy atom. The first-order valence-electron chi connectivity index (χ1n) is 6.22. The molecule has 1 aliphatic carbocycles. The van der Waals surface area contributed by atoms with E-state index in [1.54, 1.807) is 11.9 Å². The number of hydrogen-bond acceptors (Lipinski definition) is 3. The molecule has 0 aromatic carbocycles. The Kier molecular flexibility index (Phi) is 4.93. The topological polar surface area (TPSA) is 83.6 Å². The summed E-state index contributed by atoms with van der Waals surface area (Å²) in [5.74, 6) is -0.867. The van der Waals surface area contributed by atoms with Crippen LogP contribution >= 0.6 is 0 Å². The summed E-state index contributed by atoms with van der Waals surface area (Å²) in [6.45, 7) is 0.462. The molecule has 0 atom stereocenters. The van der Waals surface area contributed by atoms with Gasteiger partial charge in [0.1, 0.15) is 0 Å². The fraction of sp³-hybridized carbons (Fsp3) is 0.833. The molecule has 0 aromatic rings. The standard InChI is InChI=1S/C12H22N2O3/c1-14(9-5-6-10(15)16)11(17)12(13)7-3-2-4-8-12/h2-9,13H2,1H3,(H,15,16). The lowest BCUT2D eigenvalue weighted by Gasteiger charge is -2.35. The Labute approximate surface area is 102 Å². The van der Waals surface area contributed by atoms with E-state index >= 15 is 0 Å². The minimum atomic E-state index is -0.828. The molecule has 1 aliphatic rings. The van der Waals surface area contributed by atoms with Gasteiger partial charge in [0.2, 0.25) is 5.91 Å². The highest BCUT2D eigenvalue weighted by Crippen LogP contribution is 2.27. The predicted molar refractivity (Wildman–Crippen MR) is 64.5 cm³/mol. The van der Waals surface area contributed by atoms with Gasteiger partial charge in [-0.1, -0.05) is 19.3 Å². The third kappa shape index (κ3) is 4.00. The van der Waals surface area contributed by atoms with Crippen molar-refractivity contribution < 1.29 is 14.7 Å². The molecule has 5 nitrogen and oxygen atoms in total. The Morgan fingerprint density at radius 3 is 2.41 bits per heavy atom. The number of carboxylic acids is 1. The predicted octanol–water partition coefficient (Wildman–Crippen LogP) is 0.971.